The van der Waals surface area contributed by atoms with Crippen molar-refractivity contribution in [3.8, 4) is 16.9 Å². The molecule has 2 fully saturated rings. The van der Waals surface area contributed by atoms with Gasteiger partial charge in [0.2, 0.25) is 0 Å². The third kappa shape index (κ3) is 4.40. The van der Waals surface area contributed by atoms with Crippen LogP contribution in [-0.4, -0.2) is 59.9 Å². The SMILES string of the molecule is COc1cc(-c2cnn(C)c2)cc([C@@H](C)NC(=O)c2cc(N3CC(N4CCC4)C3)ccc2C)c1. The monoisotopic (exact) mass is 459 g/mol. The second-order valence-corrected chi connectivity index (χ2v) is 9.54. The molecular weight excluding hydrogens is 426 g/mol. The van der Waals surface area contributed by atoms with Gasteiger partial charge in [-0.05, 0) is 80.4 Å². The van der Waals surface area contributed by atoms with Gasteiger partial charge in [-0.3, -0.25) is 14.4 Å². The number of aryl methyl sites for hydroxylation is 2. The Morgan fingerprint density at radius 1 is 1.15 bits per heavy atom. The average molecular weight is 460 g/mol. The van der Waals surface area contributed by atoms with Crippen LogP contribution in [0.1, 0.15) is 40.9 Å². The number of likely N-dealkylation sites (tertiary alicyclic amines) is 1. The highest BCUT2D eigenvalue weighted by atomic mass is 16.5. The third-order valence-electron chi connectivity index (χ3n) is 7.15. The van der Waals surface area contributed by atoms with Gasteiger partial charge in [0.05, 0.1) is 19.3 Å². The minimum absolute atomic E-state index is 0.0579. The molecule has 1 N–H and O–H groups in total. The Hall–Kier alpha value is -3.32. The quantitative estimate of drug-likeness (QED) is 0.583. The number of hydrogen-bond acceptors (Lipinski definition) is 5. The molecule has 2 saturated heterocycles. The van der Waals surface area contributed by atoms with E-state index in [-0.39, 0.29) is 11.9 Å². The predicted octanol–water partition coefficient (Wildman–Crippen LogP) is 3.79. The number of nitrogens with one attached hydrogen (secondary N) is 1. The number of aromatic nitrogens is 2. The first kappa shape index (κ1) is 22.5. The Bertz CT molecular complexity index is 1190. The fourth-order valence-corrected chi connectivity index (χ4v) is 4.74. The van der Waals surface area contributed by atoms with Gasteiger partial charge in [0.15, 0.2) is 0 Å². The van der Waals surface area contributed by atoms with E-state index in [0.29, 0.717) is 6.04 Å². The second kappa shape index (κ2) is 9.14. The highest BCUT2D eigenvalue weighted by molar-refractivity contribution is 5.97. The van der Waals surface area contributed by atoms with Gasteiger partial charge in [-0.15, -0.1) is 0 Å². The zero-order chi connectivity index (χ0) is 23.8. The minimum atomic E-state index is -0.180. The second-order valence-electron chi connectivity index (χ2n) is 9.54. The van der Waals surface area contributed by atoms with Crippen molar-refractivity contribution in [2.24, 2.45) is 7.05 Å². The lowest BCUT2D eigenvalue weighted by Crippen LogP contribution is -2.62. The maximum absolute atomic E-state index is 13.3. The molecule has 7 nitrogen and oxygen atoms in total. The van der Waals surface area contributed by atoms with E-state index in [0.717, 1.165) is 52.3 Å². The van der Waals surface area contributed by atoms with E-state index in [4.69, 9.17) is 4.74 Å². The fraction of sp³-hybridized carbons (Fsp3) is 0.407. The van der Waals surface area contributed by atoms with Crippen LogP contribution in [0.4, 0.5) is 5.69 Å². The van der Waals surface area contributed by atoms with Gasteiger partial charge in [-0.25, -0.2) is 0 Å². The number of rotatable bonds is 7. The average Bonchev–Trinajstić information content (AvgIpc) is 3.21. The summed E-state index contributed by atoms with van der Waals surface area (Å²) in [6.45, 7) is 8.54. The molecule has 2 aliphatic rings. The Labute approximate surface area is 201 Å². The molecule has 0 bridgehead atoms. The fourth-order valence-electron chi connectivity index (χ4n) is 4.74. The minimum Gasteiger partial charge on any atom is -0.497 e. The molecule has 1 amide bonds. The Balaban J connectivity index is 1.31. The van der Waals surface area contributed by atoms with Crippen LogP contribution in [0.5, 0.6) is 5.75 Å². The maximum atomic E-state index is 13.3. The molecule has 2 aliphatic heterocycles. The van der Waals surface area contributed by atoms with Gasteiger partial charge in [-0.2, -0.15) is 5.10 Å². The van der Waals surface area contributed by atoms with E-state index in [1.165, 1.54) is 19.5 Å². The first-order valence-electron chi connectivity index (χ1n) is 12.0. The molecule has 0 radical (unpaired) electrons. The lowest BCUT2D eigenvalue weighted by Gasteiger charge is -2.50. The largest absolute Gasteiger partial charge is 0.497 e. The van der Waals surface area contributed by atoms with Crippen LogP contribution in [0.2, 0.25) is 0 Å². The Morgan fingerprint density at radius 2 is 1.94 bits per heavy atom. The highest BCUT2D eigenvalue weighted by Crippen LogP contribution is 2.30. The molecule has 2 aromatic carbocycles. The van der Waals surface area contributed by atoms with Gasteiger partial charge in [-0.1, -0.05) is 6.07 Å². The van der Waals surface area contributed by atoms with Gasteiger partial charge in [0, 0.05) is 49.2 Å². The number of carbonyl (C=O) groups excluding carboxylic acids is 1. The van der Waals surface area contributed by atoms with Gasteiger partial charge in [0.1, 0.15) is 5.75 Å². The summed E-state index contributed by atoms with van der Waals surface area (Å²) in [6.07, 6.45) is 5.12. The van der Waals surface area contributed by atoms with Crippen LogP contribution in [0.25, 0.3) is 11.1 Å². The molecular formula is C27H33N5O2. The number of ether oxygens (including phenoxy) is 1. The first-order valence-corrected chi connectivity index (χ1v) is 12.0. The summed E-state index contributed by atoms with van der Waals surface area (Å²) in [5.41, 5.74) is 5.84. The molecule has 0 saturated carbocycles. The lowest BCUT2D eigenvalue weighted by atomic mass is 9.99. The number of methoxy groups -OCH3 is 1. The highest BCUT2D eigenvalue weighted by Gasteiger charge is 2.34. The van der Waals surface area contributed by atoms with Crippen molar-refractivity contribution in [1.29, 1.82) is 0 Å². The lowest BCUT2D eigenvalue weighted by molar-refractivity contribution is 0.0938. The molecule has 3 heterocycles. The summed E-state index contributed by atoms with van der Waals surface area (Å²) in [5, 5.41) is 7.47. The van der Waals surface area contributed by atoms with Crippen molar-refractivity contribution in [3.63, 3.8) is 0 Å². The normalized spacial score (nSPS) is 17.1. The molecule has 0 unspecified atom stereocenters. The van der Waals surface area contributed by atoms with Crippen molar-refractivity contribution in [2.75, 3.05) is 38.2 Å². The number of hydrogen-bond donors (Lipinski definition) is 1. The molecule has 178 valence electrons. The number of anilines is 1. The van der Waals surface area contributed by atoms with Crippen LogP contribution in [0.3, 0.4) is 0 Å². The third-order valence-corrected chi connectivity index (χ3v) is 7.15. The van der Waals surface area contributed by atoms with Gasteiger partial charge < -0.3 is 15.0 Å². The molecule has 7 heteroatoms. The van der Waals surface area contributed by atoms with Crippen molar-refractivity contribution in [3.05, 3.63) is 65.5 Å². The number of carbonyl (C=O) groups is 1. The summed E-state index contributed by atoms with van der Waals surface area (Å²) in [4.78, 5) is 18.2. The zero-order valence-electron chi connectivity index (χ0n) is 20.4. The van der Waals surface area contributed by atoms with Crippen LogP contribution in [-0.2, 0) is 7.05 Å². The maximum Gasteiger partial charge on any atom is 0.252 e. The molecule has 5 rings (SSSR count). The van der Waals surface area contributed by atoms with Crippen LogP contribution < -0.4 is 15.0 Å². The van der Waals surface area contributed by atoms with E-state index < -0.39 is 0 Å². The van der Waals surface area contributed by atoms with Gasteiger partial charge >= 0.3 is 0 Å². The zero-order valence-corrected chi connectivity index (χ0v) is 20.4. The van der Waals surface area contributed by atoms with E-state index in [1.807, 2.05) is 51.5 Å². The smallest absolute Gasteiger partial charge is 0.252 e. The number of benzene rings is 2. The van der Waals surface area contributed by atoms with Crippen LogP contribution >= 0.6 is 0 Å². The predicted molar refractivity (Wildman–Crippen MR) is 134 cm³/mol. The van der Waals surface area contributed by atoms with Crippen molar-refractivity contribution in [2.45, 2.75) is 32.4 Å². The van der Waals surface area contributed by atoms with Crippen LogP contribution in [0, 0.1) is 6.92 Å². The summed E-state index contributed by atoms with van der Waals surface area (Å²) in [6, 6.07) is 12.8. The molecule has 1 atom stereocenters. The van der Waals surface area contributed by atoms with E-state index in [1.54, 1.807) is 11.8 Å². The Morgan fingerprint density at radius 3 is 2.59 bits per heavy atom. The first-order chi connectivity index (χ1) is 16.4. The number of amides is 1. The molecule has 0 aliphatic carbocycles. The van der Waals surface area contributed by atoms with Gasteiger partial charge in [0.25, 0.3) is 5.91 Å². The summed E-state index contributed by atoms with van der Waals surface area (Å²) in [7, 11) is 3.56. The summed E-state index contributed by atoms with van der Waals surface area (Å²) < 4.78 is 7.31. The topological polar surface area (TPSA) is 62.6 Å². The molecule has 34 heavy (non-hydrogen) atoms. The Kier molecular flexibility index (Phi) is 6.04. The number of nitrogens with zero attached hydrogens (tertiary/aromatic N) is 4. The van der Waals surface area contributed by atoms with Crippen molar-refractivity contribution < 1.29 is 9.53 Å². The molecule has 3 aromatic rings. The van der Waals surface area contributed by atoms with Crippen LogP contribution in [0.15, 0.2) is 48.8 Å². The van der Waals surface area contributed by atoms with Crippen molar-refractivity contribution in [1.82, 2.24) is 20.0 Å². The molecule has 0 spiro atoms. The summed E-state index contributed by atoms with van der Waals surface area (Å²) in [5.74, 6) is 0.697. The summed E-state index contributed by atoms with van der Waals surface area (Å²) >= 11 is 0. The van der Waals surface area contributed by atoms with E-state index in [9.17, 15) is 4.79 Å². The van der Waals surface area contributed by atoms with E-state index >= 15 is 0 Å². The standard InChI is InChI=1S/C27H33N5O2/c1-18-6-7-23(32-16-24(17-32)31-8-5-9-31)13-26(18)27(33)29-19(2)20-10-21(12-25(11-20)34-4)22-14-28-30(3)15-22/h6-7,10-15,19,24H,5,8-9,16-17H2,1-4H3,(H,29,33)/t19-/m1/s1. The van der Waals surface area contributed by atoms with Crippen molar-refractivity contribution >= 4 is 11.6 Å². The molecule has 1 aromatic heterocycles. The van der Waals surface area contributed by atoms with E-state index in [2.05, 4.69) is 38.4 Å².